The maximum absolute atomic E-state index is 12.9. The van der Waals surface area contributed by atoms with Gasteiger partial charge < -0.3 is 9.42 Å². The van der Waals surface area contributed by atoms with Crippen molar-refractivity contribution in [2.75, 3.05) is 6.54 Å². The number of amides is 1. The van der Waals surface area contributed by atoms with E-state index in [1.54, 1.807) is 0 Å². The first-order chi connectivity index (χ1) is 11.2. The number of nitrogens with zero attached hydrogens (tertiary/aromatic N) is 2. The molecule has 1 aromatic heterocycles. The number of benzene rings is 1. The zero-order valence-electron chi connectivity index (χ0n) is 13.5. The van der Waals surface area contributed by atoms with Crippen LogP contribution in [0.2, 0.25) is 0 Å². The van der Waals surface area contributed by atoms with Crippen LogP contribution in [0.4, 0.5) is 0 Å². The summed E-state index contributed by atoms with van der Waals surface area (Å²) in [5, 5.41) is 4.03. The van der Waals surface area contributed by atoms with E-state index in [0.29, 0.717) is 11.6 Å². The molecular weight excluding hydrogens is 288 g/mol. The molecule has 1 amide bonds. The number of likely N-dealkylation sites (tertiary alicyclic amines) is 1. The minimum absolute atomic E-state index is 0.0107. The van der Waals surface area contributed by atoms with Crippen LogP contribution in [0, 0.1) is 0 Å². The molecule has 1 aromatic carbocycles. The predicted octanol–water partition coefficient (Wildman–Crippen LogP) is 3.79. The van der Waals surface area contributed by atoms with Crippen molar-refractivity contribution < 1.29 is 9.32 Å². The second-order valence-electron chi connectivity index (χ2n) is 7.11. The van der Waals surface area contributed by atoms with E-state index in [9.17, 15) is 4.79 Å². The Bertz CT molecular complexity index is 705. The molecule has 0 unspecified atom stereocenters. The summed E-state index contributed by atoms with van der Waals surface area (Å²) in [5.41, 5.74) is 1.60. The zero-order valence-corrected chi connectivity index (χ0v) is 13.5. The van der Waals surface area contributed by atoms with Crippen molar-refractivity contribution >= 4 is 5.91 Å². The van der Waals surface area contributed by atoms with Crippen molar-refractivity contribution in [2.24, 2.45) is 0 Å². The van der Waals surface area contributed by atoms with Crippen LogP contribution in [-0.2, 0) is 6.42 Å². The second kappa shape index (κ2) is 5.52. The molecule has 4 heteroatoms. The van der Waals surface area contributed by atoms with Crippen molar-refractivity contribution in [1.82, 2.24) is 10.1 Å². The Hall–Kier alpha value is -2.10. The highest BCUT2D eigenvalue weighted by Crippen LogP contribution is 2.40. The maximum Gasteiger partial charge on any atom is 0.276 e. The molecular formula is C19H22N2O2. The quantitative estimate of drug-likeness (QED) is 0.863. The lowest BCUT2D eigenvalue weighted by atomic mass is 9.90. The predicted molar refractivity (Wildman–Crippen MR) is 87.3 cm³/mol. The van der Waals surface area contributed by atoms with E-state index >= 15 is 0 Å². The van der Waals surface area contributed by atoms with Crippen LogP contribution < -0.4 is 0 Å². The summed E-state index contributed by atoms with van der Waals surface area (Å²) in [7, 11) is 0. The molecule has 1 saturated carbocycles. The minimum Gasteiger partial charge on any atom is -0.360 e. The molecule has 0 spiro atoms. The van der Waals surface area contributed by atoms with Gasteiger partial charge in [0.05, 0.1) is 0 Å². The fourth-order valence-electron chi connectivity index (χ4n) is 3.68. The van der Waals surface area contributed by atoms with Crippen LogP contribution in [0.3, 0.4) is 0 Å². The van der Waals surface area contributed by atoms with Crippen molar-refractivity contribution in [3.05, 3.63) is 53.4 Å². The number of rotatable bonds is 4. The van der Waals surface area contributed by atoms with Gasteiger partial charge in [0.1, 0.15) is 5.76 Å². The van der Waals surface area contributed by atoms with E-state index in [-0.39, 0.29) is 11.4 Å². The summed E-state index contributed by atoms with van der Waals surface area (Å²) >= 11 is 0. The molecule has 120 valence electrons. The maximum atomic E-state index is 12.9. The SMILES string of the molecule is C[C@@]1(Cc2ccccc2)CCCN1C(=O)c1cc(C2CC2)on1. The van der Waals surface area contributed by atoms with Crippen LogP contribution >= 0.6 is 0 Å². The van der Waals surface area contributed by atoms with E-state index in [4.69, 9.17) is 4.52 Å². The summed E-state index contributed by atoms with van der Waals surface area (Å²) in [4.78, 5) is 14.9. The second-order valence-corrected chi connectivity index (χ2v) is 7.11. The third-order valence-corrected chi connectivity index (χ3v) is 5.15. The van der Waals surface area contributed by atoms with Crippen molar-refractivity contribution in [3.63, 3.8) is 0 Å². The van der Waals surface area contributed by atoms with Gasteiger partial charge in [-0.05, 0) is 44.6 Å². The number of carbonyl (C=O) groups is 1. The summed E-state index contributed by atoms with van der Waals surface area (Å²) in [6.07, 6.45) is 5.26. The molecule has 4 nitrogen and oxygen atoms in total. The Labute approximate surface area is 136 Å². The van der Waals surface area contributed by atoms with E-state index in [2.05, 4.69) is 36.3 Å². The Morgan fingerprint density at radius 2 is 2.13 bits per heavy atom. The van der Waals surface area contributed by atoms with Gasteiger partial charge in [-0.3, -0.25) is 4.79 Å². The van der Waals surface area contributed by atoms with Gasteiger partial charge in [0.15, 0.2) is 5.69 Å². The molecule has 2 aliphatic rings. The van der Waals surface area contributed by atoms with E-state index in [0.717, 1.165) is 44.4 Å². The lowest BCUT2D eigenvalue weighted by Crippen LogP contribution is -2.46. The van der Waals surface area contributed by atoms with Crippen LogP contribution in [0.15, 0.2) is 40.9 Å². The van der Waals surface area contributed by atoms with E-state index in [1.807, 2.05) is 17.0 Å². The van der Waals surface area contributed by atoms with Crippen LogP contribution in [0.5, 0.6) is 0 Å². The lowest BCUT2D eigenvalue weighted by molar-refractivity contribution is 0.0614. The third kappa shape index (κ3) is 2.78. The fraction of sp³-hybridized carbons (Fsp3) is 0.474. The fourth-order valence-corrected chi connectivity index (χ4v) is 3.68. The normalized spacial score (nSPS) is 24.1. The molecule has 1 aliphatic carbocycles. The topological polar surface area (TPSA) is 46.3 Å². The van der Waals surface area contributed by atoms with E-state index < -0.39 is 0 Å². The van der Waals surface area contributed by atoms with Gasteiger partial charge in [0.2, 0.25) is 0 Å². The van der Waals surface area contributed by atoms with E-state index in [1.165, 1.54) is 5.56 Å². The van der Waals surface area contributed by atoms with Gasteiger partial charge in [-0.2, -0.15) is 0 Å². The summed E-state index contributed by atoms with van der Waals surface area (Å²) in [5.74, 6) is 1.37. The molecule has 0 bridgehead atoms. The van der Waals surface area contributed by atoms with Crippen molar-refractivity contribution in [1.29, 1.82) is 0 Å². The van der Waals surface area contributed by atoms with Gasteiger partial charge in [-0.25, -0.2) is 0 Å². The Morgan fingerprint density at radius 3 is 2.87 bits per heavy atom. The number of carbonyl (C=O) groups excluding carboxylic acids is 1. The van der Waals surface area contributed by atoms with Crippen LogP contribution in [-0.4, -0.2) is 28.0 Å². The van der Waals surface area contributed by atoms with Gasteiger partial charge in [0.25, 0.3) is 5.91 Å². The van der Waals surface area contributed by atoms with Crippen molar-refractivity contribution in [3.8, 4) is 0 Å². The standard InChI is InChI=1S/C19H22N2O2/c1-19(13-14-6-3-2-4-7-14)10-5-11-21(19)18(22)16-12-17(23-20-16)15-8-9-15/h2-4,6-7,12,15H,5,8-11,13H2,1H3/t19-/m0/s1. The first kappa shape index (κ1) is 14.5. The lowest BCUT2D eigenvalue weighted by Gasteiger charge is -2.35. The molecule has 2 aromatic rings. The molecule has 0 radical (unpaired) electrons. The summed E-state index contributed by atoms with van der Waals surface area (Å²) < 4.78 is 5.36. The molecule has 2 heterocycles. The highest BCUT2D eigenvalue weighted by atomic mass is 16.5. The molecule has 1 aliphatic heterocycles. The molecule has 0 N–H and O–H groups in total. The highest BCUT2D eigenvalue weighted by molar-refractivity contribution is 5.93. The number of aromatic nitrogens is 1. The van der Waals surface area contributed by atoms with Gasteiger partial charge in [-0.1, -0.05) is 35.5 Å². The van der Waals surface area contributed by atoms with Crippen molar-refractivity contribution in [2.45, 2.75) is 50.5 Å². The minimum atomic E-state index is -0.142. The molecule has 23 heavy (non-hydrogen) atoms. The summed E-state index contributed by atoms with van der Waals surface area (Å²) in [6.45, 7) is 2.99. The molecule has 2 fully saturated rings. The first-order valence-corrected chi connectivity index (χ1v) is 8.48. The average Bonchev–Trinajstić information content (AvgIpc) is 3.16. The van der Waals surface area contributed by atoms with Gasteiger partial charge in [-0.15, -0.1) is 0 Å². The monoisotopic (exact) mass is 310 g/mol. The molecule has 4 rings (SSSR count). The van der Waals surface area contributed by atoms with Crippen LogP contribution in [0.25, 0.3) is 0 Å². The Balaban J connectivity index is 1.54. The highest BCUT2D eigenvalue weighted by Gasteiger charge is 2.41. The van der Waals surface area contributed by atoms with Gasteiger partial charge >= 0.3 is 0 Å². The largest absolute Gasteiger partial charge is 0.360 e. The molecule has 1 atom stereocenters. The Kier molecular flexibility index (Phi) is 3.47. The van der Waals surface area contributed by atoms with Gasteiger partial charge in [0, 0.05) is 24.1 Å². The first-order valence-electron chi connectivity index (χ1n) is 8.48. The smallest absolute Gasteiger partial charge is 0.276 e. The number of hydrogen-bond donors (Lipinski definition) is 0. The third-order valence-electron chi connectivity index (χ3n) is 5.15. The summed E-state index contributed by atoms with van der Waals surface area (Å²) in [6, 6.07) is 12.2. The Morgan fingerprint density at radius 1 is 1.35 bits per heavy atom. The molecule has 1 saturated heterocycles. The number of hydrogen-bond acceptors (Lipinski definition) is 3. The van der Waals surface area contributed by atoms with Crippen LogP contribution in [0.1, 0.15) is 60.3 Å². The zero-order chi connectivity index (χ0) is 15.9. The average molecular weight is 310 g/mol.